The van der Waals surface area contributed by atoms with Crippen LogP contribution >= 0.6 is 23.7 Å². The Morgan fingerprint density at radius 1 is 1.06 bits per heavy atom. The third-order valence-electron chi connectivity index (χ3n) is 4.75. The summed E-state index contributed by atoms with van der Waals surface area (Å²) in [6.07, 6.45) is -0.953. The Morgan fingerprint density at radius 2 is 1.74 bits per heavy atom. The molecule has 9 heteroatoms. The maximum Gasteiger partial charge on any atom is 0.417 e. The lowest BCUT2D eigenvalue weighted by molar-refractivity contribution is -0.136. The van der Waals surface area contributed by atoms with Crippen LogP contribution in [0.4, 0.5) is 13.2 Å². The number of hydrogen-bond acceptors (Lipinski definition) is 4. The summed E-state index contributed by atoms with van der Waals surface area (Å²) < 4.78 is 59.0. The second-order valence-electron chi connectivity index (χ2n) is 6.69. The van der Waals surface area contributed by atoms with Crippen molar-refractivity contribution in [3.8, 4) is 0 Å². The van der Waals surface area contributed by atoms with E-state index in [1.54, 1.807) is 36.5 Å². The quantitative estimate of drug-likeness (QED) is 0.405. The highest BCUT2D eigenvalue weighted by Crippen LogP contribution is 2.40. The summed E-state index contributed by atoms with van der Waals surface area (Å²) in [5.74, 6) is 2.09. The first-order valence-electron chi connectivity index (χ1n) is 10.1. The van der Waals surface area contributed by atoms with Gasteiger partial charge in [0.15, 0.2) is 11.0 Å². The molecule has 0 bridgehead atoms. The molecule has 2 heterocycles. The lowest BCUT2D eigenvalue weighted by Gasteiger charge is -2.21. The van der Waals surface area contributed by atoms with E-state index in [1.165, 1.54) is 22.0 Å². The van der Waals surface area contributed by atoms with Gasteiger partial charge < -0.3 is 0 Å². The fraction of sp³-hybridized carbons (Fsp3) is 0.364. The number of aromatic nitrogens is 1. The topological polar surface area (TPSA) is 34.0 Å². The Labute approximate surface area is 191 Å². The summed E-state index contributed by atoms with van der Waals surface area (Å²) >= 11 is 3.10. The first-order chi connectivity index (χ1) is 14.9. The number of nitrogens with one attached hydrogen (secondary N) is 1. The summed E-state index contributed by atoms with van der Waals surface area (Å²) in [7, 11) is -1.64. The van der Waals surface area contributed by atoms with Crippen LogP contribution in [0.5, 0.6) is 0 Å². The molecule has 2 aromatic carbocycles. The highest BCUT2D eigenvalue weighted by molar-refractivity contribution is 7.99. The summed E-state index contributed by atoms with van der Waals surface area (Å²) in [4.78, 5) is 0.978. The van der Waals surface area contributed by atoms with Crippen molar-refractivity contribution in [3.63, 3.8) is 0 Å². The average molecular weight is 487 g/mol. The molecule has 0 radical (unpaired) electrons. The molecule has 1 N–H and O–H groups in total. The van der Waals surface area contributed by atoms with E-state index in [0.29, 0.717) is 15.3 Å². The van der Waals surface area contributed by atoms with E-state index in [9.17, 15) is 17.4 Å². The van der Waals surface area contributed by atoms with Gasteiger partial charge in [-0.1, -0.05) is 38.1 Å². The Kier molecular flexibility index (Phi) is 8.55. The monoisotopic (exact) mass is 486 g/mol. The highest BCUT2D eigenvalue weighted by Gasteiger charge is 2.35. The molecule has 1 aromatic heterocycles. The zero-order valence-corrected chi connectivity index (χ0v) is 19.8. The van der Waals surface area contributed by atoms with Crippen molar-refractivity contribution in [1.82, 2.24) is 8.69 Å². The Balaban J connectivity index is 0.00000132. The van der Waals surface area contributed by atoms with Crippen LogP contribution in [0, 0.1) is 0 Å². The van der Waals surface area contributed by atoms with Gasteiger partial charge in [0.05, 0.1) is 20.9 Å². The van der Waals surface area contributed by atoms with E-state index in [2.05, 4.69) is 4.72 Å². The minimum atomic E-state index is -4.49. The number of thioether (sulfide) groups is 1. The predicted molar refractivity (Wildman–Crippen MR) is 126 cm³/mol. The molecule has 31 heavy (non-hydrogen) atoms. The number of nitrogens with zero attached hydrogens (tertiary/aromatic N) is 1. The molecule has 0 aliphatic carbocycles. The van der Waals surface area contributed by atoms with Gasteiger partial charge in [-0.3, -0.25) is 8.69 Å². The van der Waals surface area contributed by atoms with E-state index < -0.39 is 22.7 Å². The molecule has 1 saturated heterocycles. The molecule has 1 atom stereocenters. The third kappa shape index (κ3) is 5.69. The van der Waals surface area contributed by atoms with E-state index in [1.807, 2.05) is 31.7 Å². The molecule has 1 fully saturated rings. The van der Waals surface area contributed by atoms with Crippen molar-refractivity contribution in [3.05, 3.63) is 60.3 Å². The Bertz CT molecular complexity index is 1020. The van der Waals surface area contributed by atoms with Crippen molar-refractivity contribution >= 4 is 45.6 Å². The number of alkyl halides is 3. The van der Waals surface area contributed by atoms with Gasteiger partial charge in [0.2, 0.25) is 0 Å². The molecule has 1 aliphatic heterocycles. The number of halogens is 3. The van der Waals surface area contributed by atoms with Gasteiger partial charge in [-0.25, -0.2) is 4.21 Å². The molecule has 168 valence electrons. The smallest absolute Gasteiger partial charge is 0.261 e. The van der Waals surface area contributed by atoms with Gasteiger partial charge in [-0.15, -0.1) is 0 Å². The van der Waals surface area contributed by atoms with Crippen molar-refractivity contribution in [2.45, 2.75) is 48.7 Å². The lowest BCUT2D eigenvalue weighted by Crippen LogP contribution is -2.27. The fourth-order valence-electron chi connectivity index (χ4n) is 3.29. The van der Waals surface area contributed by atoms with E-state index in [-0.39, 0.29) is 11.4 Å². The van der Waals surface area contributed by atoms with E-state index >= 15 is 0 Å². The van der Waals surface area contributed by atoms with E-state index in [4.69, 9.17) is 0 Å². The van der Waals surface area contributed by atoms with Crippen molar-refractivity contribution in [2.24, 2.45) is 0 Å². The molecule has 0 amide bonds. The van der Waals surface area contributed by atoms with Gasteiger partial charge >= 0.3 is 6.18 Å². The lowest BCUT2D eigenvalue weighted by atomic mass is 10.1. The highest BCUT2D eigenvalue weighted by atomic mass is 32.2. The van der Waals surface area contributed by atoms with E-state index in [0.717, 1.165) is 30.4 Å². The zero-order chi connectivity index (χ0) is 22.4. The van der Waals surface area contributed by atoms with Gasteiger partial charge in [0.1, 0.15) is 0 Å². The Morgan fingerprint density at radius 3 is 2.39 bits per heavy atom. The van der Waals surface area contributed by atoms with Crippen molar-refractivity contribution in [1.29, 1.82) is 0 Å². The number of fused-ring (bicyclic) bond motifs is 1. The minimum Gasteiger partial charge on any atom is -0.261 e. The number of benzene rings is 2. The van der Waals surface area contributed by atoms with Crippen LogP contribution in [-0.2, 0) is 17.2 Å². The maximum atomic E-state index is 13.7. The average Bonchev–Trinajstić information content (AvgIpc) is 3.18. The second-order valence-corrected chi connectivity index (χ2v) is 10.2. The SMILES string of the molecule is CC.O=S(c1ccccc1)n1cc(SNC2CCSCC2)c2c(C(F)(F)F)cccc21. The van der Waals surface area contributed by atoms with Crippen LogP contribution < -0.4 is 4.72 Å². The molecule has 0 saturated carbocycles. The number of rotatable bonds is 5. The summed E-state index contributed by atoms with van der Waals surface area (Å²) in [6, 6.07) is 13.1. The van der Waals surface area contributed by atoms with Gasteiger partial charge in [0.25, 0.3) is 0 Å². The van der Waals surface area contributed by atoms with Gasteiger partial charge in [-0.2, -0.15) is 24.9 Å². The molecular formula is C22H25F3N2OS3. The molecular weight excluding hydrogens is 461 g/mol. The molecule has 3 nitrogen and oxygen atoms in total. The van der Waals surface area contributed by atoms with Crippen LogP contribution in [-0.4, -0.2) is 25.7 Å². The van der Waals surface area contributed by atoms with Crippen LogP contribution in [0.1, 0.15) is 32.3 Å². The molecule has 3 aromatic rings. The van der Waals surface area contributed by atoms with Crippen LogP contribution in [0.2, 0.25) is 0 Å². The second kappa shape index (κ2) is 10.9. The minimum absolute atomic E-state index is 0.0898. The van der Waals surface area contributed by atoms with Crippen LogP contribution in [0.15, 0.2) is 64.5 Å². The van der Waals surface area contributed by atoms with Crippen molar-refractivity contribution < 1.29 is 17.4 Å². The zero-order valence-electron chi connectivity index (χ0n) is 17.3. The third-order valence-corrected chi connectivity index (χ3v) is 8.11. The first kappa shape index (κ1) is 24.2. The first-order valence-corrected chi connectivity index (χ1v) is 13.2. The van der Waals surface area contributed by atoms with Gasteiger partial charge in [0, 0.05) is 17.6 Å². The standard InChI is InChI=1S/C20H19F3N2OS3.C2H6/c21-20(22,23)16-7-4-8-17-19(16)18(28-24-14-9-11-27-12-10-14)13-25(17)29(26)15-5-2-1-3-6-15;1-2/h1-8,13-14,24H,9-12H2;1-2H3. The summed E-state index contributed by atoms with van der Waals surface area (Å²) in [5.41, 5.74) is -0.396. The molecule has 0 spiro atoms. The predicted octanol–water partition coefficient (Wildman–Crippen LogP) is 6.75. The van der Waals surface area contributed by atoms with Crippen LogP contribution in [0.3, 0.4) is 0 Å². The largest absolute Gasteiger partial charge is 0.417 e. The molecule has 4 rings (SSSR count). The van der Waals surface area contributed by atoms with Crippen LogP contribution in [0.25, 0.3) is 10.9 Å². The summed E-state index contributed by atoms with van der Waals surface area (Å²) in [5, 5.41) is 0.0898. The van der Waals surface area contributed by atoms with Crippen molar-refractivity contribution in [2.75, 3.05) is 11.5 Å². The normalized spacial score (nSPS) is 16.0. The molecule has 1 unspecified atom stereocenters. The summed E-state index contributed by atoms with van der Waals surface area (Å²) in [6.45, 7) is 4.00. The number of hydrogen-bond donors (Lipinski definition) is 1. The maximum absolute atomic E-state index is 13.7. The molecule has 1 aliphatic rings. The Hall–Kier alpha value is -1.42. The van der Waals surface area contributed by atoms with Gasteiger partial charge in [-0.05, 0) is 60.6 Å². The fourth-order valence-corrected chi connectivity index (χ4v) is 6.61.